The fraction of sp³-hybridized carbons (Fsp3) is 0.150. The summed E-state index contributed by atoms with van der Waals surface area (Å²) < 4.78 is 0. The largest absolute Gasteiger partial charge is 0.347 e. The molecule has 5 nitrogen and oxygen atoms in total. The smallest absolute Gasteiger partial charge is 0.270 e. The minimum absolute atomic E-state index is 0.226. The van der Waals surface area contributed by atoms with Crippen LogP contribution in [-0.4, -0.2) is 15.9 Å². The molecule has 0 aliphatic carbocycles. The van der Waals surface area contributed by atoms with Gasteiger partial charge in [0.15, 0.2) is 0 Å². The first-order valence-electron chi connectivity index (χ1n) is 8.12. The summed E-state index contributed by atoms with van der Waals surface area (Å²) in [7, 11) is 0. The molecular formula is C20H20N4O. The highest BCUT2D eigenvalue weighted by Crippen LogP contribution is 2.22. The van der Waals surface area contributed by atoms with Crippen LogP contribution >= 0.6 is 0 Å². The Morgan fingerprint density at radius 3 is 2.40 bits per heavy atom. The van der Waals surface area contributed by atoms with Crippen molar-refractivity contribution in [1.82, 2.24) is 15.3 Å². The standard InChI is InChI=1S/C20H20N4O/c1-14-7-6-8-15(2)18(14)24-20-21-12-11-17(23-20)19(25)22-13-16-9-4-3-5-10-16/h3-12H,13H2,1-2H3,(H,22,25)(H,21,23,24). The van der Waals surface area contributed by atoms with Crippen molar-refractivity contribution < 1.29 is 4.79 Å². The van der Waals surface area contributed by atoms with Crippen LogP contribution in [0.3, 0.4) is 0 Å². The maximum atomic E-state index is 12.3. The Bertz CT molecular complexity index is 858. The van der Waals surface area contributed by atoms with Gasteiger partial charge >= 0.3 is 0 Å². The van der Waals surface area contributed by atoms with Crippen LogP contribution in [0.5, 0.6) is 0 Å². The van der Waals surface area contributed by atoms with Crippen LogP contribution in [-0.2, 0) is 6.54 Å². The van der Waals surface area contributed by atoms with E-state index < -0.39 is 0 Å². The third kappa shape index (κ3) is 4.20. The second-order valence-corrected chi connectivity index (χ2v) is 5.83. The van der Waals surface area contributed by atoms with Crippen LogP contribution in [0.4, 0.5) is 11.6 Å². The molecule has 1 aromatic heterocycles. The Morgan fingerprint density at radius 2 is 1.68 bits per heavy atom. The Hall–Kier alpha value is -3.21. The molecule has 1 amide bonds. The number of carbonyl (C=O) groups is 1. The van der Waals surface area contributed by atoms with Gasteiger partial charge in [-0.3, -0.25) is 4.79 Å². The van der Waals surface area contributed by atoms with Gasteiger partial charge in [0.25, 0.3) is 5.91 Å². The molecule has 0 radical (unpaired) electrons. The molecule has 0 saturated carbocycles. The first-order chi connectivity index (χ1) is 12.1. The zero-order chi connectivity index (χ0) is 17.6. The summed E-state index contributed by atoms with van der Waals surface area (Å²) >= 11 is 0. The van der Waals surface area contributed by atoms with E-state index in [9.17, 15) is 4.79 Å². The minimum Gasteiger partial charge on any atom is -0.347 e. The molecule has 2 N–H and O–H groups in total. The summed E-state index contributed by atoms with van der Waals surface area (Å²) in [6, 6.07) is 17.4. The van der Waals surface area contributed by atoms with Crippen molar-refractivity contribution in [1.29, 1.82) is 0 Å². The van der Waals surface area contributed by atoms with Gasteiger partial charge in [0.05, 0.1) is 0 Å². The highest BCUT2D eigenvalue weighted by Gasteiger charge is 2.10. The fourth-order valence-corrected chi connectivity index (χ4v) is 2.54. The Morgan fingerprint density at radius 1 is 0.960 bits per heavy atom. The van der Waals surface area contributed by atoms with E-state index in [2.05, 4.69) is 20.6 Å². The maximum Gasteiger partial charge on any atom is 0.270 e. The Labute approximate surface area is 147 Å². The minimum atomic E-state index is -0.226. The molecule has 3 rings (SSSR count). The zero-order valence-corrected chi connectivity index (χ0v) is 14.3. The van der Waals surface area contributed by atoms with Gasteiger partial charge in [0, 0.05) is 18.4 Å². The molecule has 0 fully saturated rings. The molecule has 25 heavy (non-hydrogen) atoms. The van der Waals surface area contributed by atoms with Gasteiger partial charge in [-0.25, -0.2) is 9.97 Å². The van der Waals surface area contributed by atoms with E-state index in [1.165, 1.54) is 0 Å². The molecule has 2 aromatic carbocycles. The molecular weight excluding hydrogens is 312 g/mol. The van der Waals surface area contributed by atoms with E-state index in [-0.39, 0.29) is 5.91 Å². The highest BCUT2D eigenvalue weighted by molar-refractivity contribution is 5.92. The molecule has 0 aliphatic rings. The quantitative estimate of drug-likeness (QED) is 0.746. The number of rotatable bonds is 5. The number of nitrogens with zero attached hydrogens (tertiary/aromatic N) is 2. The SMILES string of the molecule is Cc1cccc(C)c1Nc1nccc(C(=O)NCc2ccccc2)n1. The number of anilines is 2. The Kier molecular flexibility index (Phi) is 5.04. The van der Waals surface area contributed by atoms with Crippen molar-refractivity contribution in [2.24, 2.45) is 0 Å². The second kappa shape index (κ2) is 7.57. The summed E-state index contributed by atoms with van der Waals surface area (Å²) in [5.74, 6) is 0.181. The van der Waals surface area contributed by atoms with Gasteiger partial charge < -0.3 is 10.6 Å². The highest BCUT2D eigenvalue weighted by atomic mass is 16.1. The van der Waals surface area contributed by atoms with E-state index in [0.717, 1.165) is 22.4 Å². The third-order valence-corrected chi connectivity index (χ3v) is 3.90. The number of para-hydroxylation sites is 1. The van der Waals surface area contributed by atoms with Crippen molar-refractivity contribution in [2.45, 2.75) is 20.4 Å². The summed E-state index contributed by atoms with van der Waals surface area (Å²) in [5.41, 5.74) is 4.54. The van der Waals surface area contributed by atoms with Gasteiger partial charge in [-0.2, -0.15) is 0 Å². The lowest BCUT2D eigenvalue weighted by Crippen LogP contribution is -2.24. The predicted octanol–water partition coefficient (Wildman–Crippen LogP) is 3.77. The van der Waals surface area contributed by atoms with Crippen molar-refractivity contribution in [2.75, 3.05) is 5.32 Å². The molecule has 1 heterocycles. The van der Waals surface area contributed by atoms with Gasteiger partial charge in [0.2, 0.25) is 5.95 Å². The van der Waals surface area contributed by atoms with Gasteiger partial charge in [0.1, 0.15) is 5.69 Å². The molecule has 0 bridgehead atoms. The summed E-state index contributed by atoms with van der Waals surface area (Å²) in [4.78, 5) is 20.9. The van der Waals surface area contributed by atoms with E-state index in [1.54, 1.807) is 12.3 Å². The van der Waals surface area contributed by atoms with E-state index in [4.69, 9.17) is 0 Å². The van der Waals surface area contributed by atoms with E-state index in [1.807, 2.05) is 62.4 Å². The van der Waals surface area contributed by atoms with Crippen molar-refractivity contribution >= 4 is 17.5 Å². The topological polar surface area (TPSA) is 66.9 Å². The summed E-state index contributed by atoms with van der Waals surface area (Å²) in [5, 5.41) is 6.08. The second-order valence-electron chi connectivity index (χ2n) is 5.83. The number of amides is 1. The number of carbonyl (C=O) groups excluding carboxylic acids is 1. The van der Waals surface area contributed by atoms with Crippen LogP contribution in [0.2, 0.25) is 0 Å². The molecule has 0 atom stereocenters. The third-order valence-electron chi connectivity index (χ3n) is 3.90. The lowest BCUT2D eigenvalue weighted by Gasteiger charge is -2.12. The molecule has 0 spiro atoms. The lowest BCUT2D eigenvalue weighted by molar-refractivity contribution is 0.0946. The van der Waals surface area contributed by atoms with Crippen molar-refractivity contribution in [3.05, 3.63) is 83.2 Å². The van der Waals surface area contributed by atoms with Gasteiger partial charge in [-0.05, 0) is 36.6 Å². The van der Waals surface area contributed by atoms with Gasteiger partial charge in [-0.15, -0.1) is 0 Å². The Balaban J connectivity index is 1.72. The first-order valence-corrected chi connectivity index (χ1v) is 8.12. The van der Waals surface area contributed by atoms with E-state index in [0.29, 0.717) is 18.2 Å². The molecule has 5 heteroatoms. The average molecular weight is 332 g/mol. The monoisotopic (exact) mass is 332 g/mol. The number of hydrogen-bond acceptors (Lipinski definition) is 4. The molecule has 0 saturated heterocycles. The van der Waals surface area contributed by atoms with Crippen LogP contribution in [0, 0.1) is 13.8 Å². The number of hydrogen-bond donors (Lipinski definition) is 2. The summed E-state index contributed by atoms with van der Waals surface area (Å²) in [6.45, 7) is 4.50. The molecule has 0 aliphatic heterocycles. The summed E-state index contributed by atoms with van der Waals surface area (Å²) in [6.07, 6.45) is 1.58. The van der Waals surface area contributed by atoms with Crippen LogP contribution < -0.4 is 10.6 Å². The molecule has 126 valence electrons. The fourth-order valence-electron chi connectivity index (χ4n) is 2.54. The predicted molar refractivity (Wildman–Crippen MR) is 98.8 cm³/mol. The zero-order valence-electron chi connectivity index (χ0n) is 14.3. The van der Waals surface area contributed by atoms with E-state index >= 15 is 0 Å². The van der Waals surface area contributed by atoms with Crippen LogP contribution in [0.15, 0.2) is 60.8 Å². The maximum absolute atomic E-state index is 12.3. The number of benzene rings is 2. The lowest BCUT2D eigenvalue weighted by atomic mass is 10.1. The average Bonchev–Trinajstić information content (AvgIpc) is 2.64. The van der Waals surface area contributed by atoms with Crippen LogP contribution in [0.25, 0.3) is 0 Å². The molecule has 3 aromatic rings. The van der Waals surface area contributed by atoms with Crippen molar-refractivity contribution in [3.63, 3.8) is 0 Å². The normalized spacial score (nSPS) is 10.3. The van der Waals surface area contributed by atoms with Gasteiger partial charge in [-0.1, -0.05) is 48.5 Å². The van der Waals surface area contributed by atoms with Crippen molar-refractivity contribution in [3.8, 4) is 0 Å². The molecule has 0 unspecified atom stereocenters. The number of nitrogens with one attached hydrogen (secondary N) is 2. The first kappa shape index (κ1) is 16.6. The number of aryl methyl sites for hydroxylation is 2. The number of aromatic nitrogens is 2. The van der Waals surface area contributed by atoms with Crippen LogP contribution in [0.1, 0.15) is 27.2 Å².